The molecule has 2 heteroatoms. The van der Waals surface area contributed by atoms with E-state index in [4.69, 9.17) is 4.42 Å². The van der Waals surface area contributed by atoms with E-state index in [0.29, 0.717) is 0 Å². The van der Waals surface area contributed by atoms with Crippen molar-refractivity contribution in [2.24, 2.45) is 0 Å². The summed E-state index contributed by atoms with van der Waals surface area (Å²) in [4.78, 5) is 2.54. The first-order valence-electron chi connectivity index (χ1n) is 22.4. The molecule has 10 aromatic rings. The molecule has 64 heavy (non-hydrogen) atoms. The zero-order valence-electron chi connectivity index (χ0n) is 36.0. The van der Waals surface area contributed by atoms with Crippen LogP contribution in [0.2, 0.25) is 0 Å². The van der Waals surface area contributed by atoms with Crippen LogP contribution in [0.3, 0.4) is 0 Å². The van der Waals surface area contributed by atoms with Crippen LogP contribution in [0.25, 0.3) is 49.4 Å². The molecule has 0 spiro atoms. The maximum Gasteiger partial charge on any atom is 0.145 e. The largest absolute Gasteiger partial charge is 0.455 e. The summed E-state index contributed by atoms with van der Waals surface area (Å²) in [5, 5.41) is 4.45. The summed E-state index contributed by atoms with van der Waals surface area (Å²) < 4.78 is 6.50. The fraction of sp³-hybridized carbons (Fsp3) is 0.0968. The van der Waals surface area contributed by atoms with Crippen molar-refractivity contribution in [3.8, 4) is 11.1 Å². The van der Waals surface area contributed by atoms with Crippen molar-refractivity contribution in [1.82, 2.24) is 0 Å². The highest BCUT2D eigenvalue weighted by atomic mass is 16.3. The Bertz CT molecular complexity index is 3350. The van der Waals surface area contributed by atoms with Crippen LogP contribution in [0.5, 0.6) is 0 Å². The fourth-order valence-electron chi connectivity index (χ4n) is 11.1. The maximum absolute atomic E-state index is 6.50. The van der Waals surface area contributed by atoms with Gasteiger partial charge in [-0.3, -0.25) is 0 Å². The molecule has 0 bridgehead atoms. The van der Waals surface area contributed by atoms with Gasteiger partial charge in [0.25, 0.3) is 0 Å². The molecule has 0 aliphatic heterocycles. The number of anilines is 2. The van der Waals surface area contributed by atoms with Crippen molar-refractivity contribution >= 4 is 49.7 Å². The van der Waals surface area contributed by atoms with Crippen LogP contribution in [-0.2, 0) is 10.8 Å². The number of nitrogens with zero attached hydrogens (tertiary/aromatic N) is 1. The molecule has 9 aromatic carbocycles. The minimum atomic E-state index is -0.563. The van der Waals surface area contributed by atoms with E-state index in [1.54, 1.807) is 0 Å². The molecule has 0 radical (unpaired) electrons. The Morgan fingerprint density at radius 3 is 1.84 bits per heavy atom. The molecule has 2 aliphatic carbocycles. The van der Waals surface area contributed by atoms with E-state index in [-0.39, 0.29) is 5.41 Å². The van der Waals surface area contributed by atoms with Gasteiger partial charge in [0.15, 0.2) is 0 Å². The van der Waals surface area contributed by atoms with Gasteiger partial charge in [-0.05, 0) is 92.9 Å². The van der Waals surface area contributed by atoms with E-state index in [2.05, 4.69) is 231 Å². The van der Waals surface area contributed by atoms with Crippen LogP contribution in [0, 0.1) is 12.1 Å². The summed E-state index contributed by atoms with van der Waals surface area (Å²) in [6.07, 6.45) is 4.35. The Morgan fingerprint density at radius 2 is 1.14 bits per heavy atom. The Kier molecular flexibility index (Phi) is 8.82. The highest BCUT2D eigenvalue weighted by Gasteiger charge is 2.40. The number of para-hydroxylation sites is 1. The van der Waals surface area contributed by atoms with Crippen LogP contribution >= 0.6 is 0 Å². The average molecular weight is 820 g/mol. The average Bonchev–Trinajstić information content (AvgIpc) is 3.85. The summed E-state index contributed by atoms with van der Waals surface area (Å²) in [6.45, 7) is 4.79. The van der Waals surface area contributed by atoms with Crippen LogP contribution in [0.4, 0.5) is 11.4 Å². The minimum Gasteiger partial charge on any atom is -0.455 e. The number of fused-ring (bicyclic) bond motifs is 6. The number of rotatable bonds is 8. The second kappa shape index (κ2) is 14.9. The van der Waals surface area contributed by atoms with Gasteiger partial charge in [0.05, 0.1) is 11.1 Å². The highest BCUT2D eigenvalue weighted by molar-refractivity contribution is 6.17. The molecule has 0 fully saturated rings. The van der Waals surface area contributed by atoms with Crippen LogP contribution < -0.4 is 4.90 Å². The van der Waals surface area contributed by atoms with Crippen LogP contribution in [0.15, 0.2) is 228 Å². The van der Waals surface area contributed by atoms with E-state index in [0.717, 1.165) is 62.7 Å². The lowest BCUT2D eigenvalue weighted by molar-refractivity contribution is 0.602. The lowest BCUT2D eigenvalue weighted by Gasteiger charge is -2.38. The first-order chi connectivity index (χ1) is 31.5. The van der Waals surface area contributed by atoms with Crippen molar-refractivity contribution in [2.45, 2.75) is 37.5 Å². The van der Waals surface area contributed by atoms with Gasteiger partial charge in [0.2, 0.25) is 0 Å². The monoisotopic (exact) mass is 819 g/mol. The molecule has 0 N–H and O–H groups in total. The van der Waals surface area contributed by atoms with E-state index >= 15 is 0 Å². The van der Waals surface area contributed by atoms with Crippen molar-refractivity contribution in [2.75, 3.05) is 4.90 Å². The van der Waals surface area contributed by atoms with Gasteiger partial charge in [-0.2, -0.15) is 0 Å². The molecule has 0 saturated carbocycles. The van der Waals surface area contributed by atoms with E-state index in [1.165, 1.54) is 55.6 Å². The van der Waals surface area contributed by atoms with Gasteiger partial charge in [0, 0.05) is 44.8 Å². The standard InChI is InChI=1S/C62H45NO/c1-61(2)54-30-16-14-27-50(54)53-41-48(38-39-55(53)61)63(56-40-33-42-19-12-13-26-49(42)59(56)52-29-18-32-58-60(52)51-28-15-17-31-57(51)64-58)47-36-34-46(35-37-47)62(43-20-6-3-7-21-43,44-22-8-4-9-23-44)45-24-10-5-11-25-45/h3-17,19-28,30-37,40-41H,38-39H2,1-2H3. The van der Waals surface area contributed by atoms with Crippen LogP contribution in [-0.4, -0.2) is 0 Å². The first kappa shape index (κ1) is 37.9. The predicted molar refractivity (Wildman–Crippen MR) is 265 cm³/mol. The summed E-state index contributed by atoms with van der Waals surface area (Å²) >= 11 is 0. The second-order valence-corrected chi connectivity index (χ2v) is 17.7. The molecule has 0 amide bonds. The number of benzene rings is 8. The third kappa shape index (κ3) is 5.74. The van der Waals surface area contributed by atoms with E-state index < -0.39 is 5.41 Å². The minimum absolute atomic E-state index is 0.0348. The Balaban J connectivity index is 1.13. The predicted octanol–water partition coefficient (Wildman–Crippen LogP) is 16.0. The molecule has 12 rings (SSSR count). The van der Waals surface area contributed by atoms with Gasteiger partial charge >= 0.3 is 0 Å². The first-order valence-corrected chi connectivity index (χ1v) is 22.4. The lowest BCUT2D eigenvalue weighted by atomic mass is 9.65. The lowest BCUT2D eigenvalue weighted by Crippen LogP contribution is -2.31. The molecule has 0 unspecified atom stereocenters. The summed E-state index contributed by atoms with van der Waals surface area (Å²) in [5.41, 5.74) is 17.1. The molecule has 0 saturated heterocycles. The van der Waals surface area contributed by atoms with Crippen molar-refractivity contribution in [3.63, 3.8) is 0 Å². The molecule has 0 atom stereocenters. The fourth-order valence-corrected chi connectivity index (χ4v) is 11.1. The molecule has 2 nitrogen and oxygen atoms in total. The maximum atomic E-state index is 6.50. The van der Waals surface area contributed by atoms with Gasteiger partial charge in [-0.1, -0.05) is 207 Å². The zero-order valence-corrected chi connectivity index (χ0v) is 36.0. The molecular formula is C62H45NO. The summed E-state index contributed by atoms with van der Waals surface area (Å²) in [5.74, 6) is 0. The third-order valence-electron chi connectivity index (χ3n) is 14.0. The zero-order chi connectivity index (χ0) is 42.8. The number of hydrogen-bond acceptors (Lipinski definition) is 2. The SMILES string of the molecule is CC1(C)C2=C(C=C(N(c3ccc(C(c4ccccc4)(c4ccccc4)c4ccccc4)cc3)c3ccc4ccccc4c3-c3c#ccc4oc5ccccc5c34)CC2)c2ccccc21. The molecule has 1 heterocycles. The Morgan fingerprint density at radius 1 is 0.547 bits per heavy atom. The molecule has 2 aliphatic rings. The smallest absolute Gasteiger partial charge is 0.145 e. The topological polar surface area (TPSA) is 16.4 Å². The molecule has 304 valence electrons. The molecule has 1 aromatic heterocycles. The number of hydrogen-bond donors (Lipinski definition) is 0. The normalized spacial score (nSPS) is 14.3. The summed E-state index contributed by atoms with van der Waals surface area (Å²) in [6, 6.07) is 82.0. The van der Waals surface area contributed by atoms with Crippen LogP contribution in [0.1, 0.15) is 60.1 Å². The third-order valence-corrected chi connectivity index (χ3v) is 14.0. The van der Waals surface area contributed by atoms with E-state index in [1.807, 2.05) is 12.1 Å². The van der Waals surface area contributed by atoms with Crippen molar-refractivity contribution < 1.29 is 4.42 Å². The number of allylic oxidation sites excluding steroid dienone is 4. The highest BCUT2D eigenvalue weighted by Crippen LogP contribution is 2.54. The number of furan rings is 1. The van der Waals surface area contributed by atoms with Gasteiger partial charge in [-0.25, -0.2) is 0 Å². The van der Waals surface area contributed by atoms with Gasteiger partial charge < -0.3 is 9.32 Å². The van der Waals surface area contributed by atoms with Crippen molar-refractivity contribution in [1.29, 1.82) is 0 Å². The Labute approximate surface area is 375 Å². The quantitative estimate of drug-likeness (QED) is 0.142. The molecular weight excluding hydrogens is 775 g/mol. The van der Waals surface area contributed by atoms with Gasteiger partial charge in [-0.15, -0.1) is 0 Å². The van der Waals surface area contributed by atoms with E-state index in [9.17, 15) is 0 Å². The van der Waals surface area contributed by atoms with Crippen molar-refractivity contribution in [3.05, 3.63) is 269 Å². The summed E-state index contributed by atoms with van der Waals surface area (Å²) in [7, 11) is 0. The van der Waals surface area contributed by atoms with Gasteiger partial charge in [0.1, 0.15) is 11.2 Å². The Hall–Kier alpha value is -7.86. The second-order valence-electron chi connectivity index (χ2n) is 17.7.